The standard InChI is InChI=1S/C33H50N2O4.2H2/c1-3-5-6-7-8-9-10-11-12-13-14-15-16-17-18-24-31(36)38-32(21-4-2)39-33(37)34-26-25-28-27-35-30-23-20-19-22-29(28)30;;/h8-9,11-12,19-20,22-23,27,32,35H,3-7,10,13-18,21,24-26H2,1-2H3,(H,34,37);2*1H/b9-8-,12-11-;;. The number of alkyl carbamates (subject to hydrolysis) is 1. The van der Waals surface area contributed by atoms with Crippen molar-refractivity contribution >= 4 is 23.0 Å². The molecule has 0 spiro atoms. The van der Waals surface area contributed by atoms with E-state index in [0.717, 1.165) is 55.0 Å². The molecule has 1 amide bonds. The van der Waals surface area contributed by atoms with Gasteiger partial charge >= 0.3 is 12.1 Å². The van der Waals surface area contributed by atoms with Crippen molar-refractivity contribution in [2.45, 2.75) is 116 Å². The SMILES string of the molecule is CCCCC/C=C\C/C=C\CCCCCCCC(=O)OC(CCC)OC(=O)NCCc1c[nH]c2ccccc12.[HH].[HH]. The first kappa shape index (κ1) is 32.2. The van der Waals surface area contributed by atoms with Crippen molar-refractivity contribution in [1.82, 2.24) is 10.3 Å². The molecule has 1 unspecified atom stereocenters. The number of carbonyl (C=O) groups excluding carboxylic acids is 2. The molecule has 220 valence electrons. The molecule has 0 aliphatic heterocycles. The number of fused-ring (bicyclic) bond motifs is 1. The Balaban J connectivity index is 0.00000800. The minimum absolute atomic E-state index is 0. The van der Waals surface area contributed by atoms with Crippen LogP contribution in [0.1, 0.15) is 112 Å². The minimum atomic E-state index is -0.839. The fraction of sp³-hybridized carbons (Fsp3) is 0.576. The maximum Gasteiger partial charge on any atom is 0.410 e. The molecule has 0 aliphatic rings. The number of benzene rings is 1. The van der Waals surface area contributed by atoms with E-state index in [0.29, 0.717) is 25.8 Å². The summed E-state index contributed by atoms with van der Waals surface area (Å²) in [6.07, 6.45) is 24.5. The summed E-state index contributed by atoms with van der Waals surface area (Å²) in [5.41, 5.74) is 2.22. The molecule has 0 aliphatic carbocycles. The molecule has 0 radical (unpaired) electrons. The zero-order valence-electron chi connectivity index (χ0n) is 24.2. The lowest BCUT2D eigenvalue weighted by Gasteiger charge is -2.18. The number of esters is 1. The number of carbonyl (C=O) groups is 2. The largest absolute Gasteiger partial charge is 0.425 e. The molecule has 0 fully saturated rings. The van der Waals surface area contributed by atoms with Gasteiger partial charge in [0.2, 0.25) is 6.29 Å². The Morgan fingerprint density at radius 1 is 0.897 bits per heavy atom. The molecule has 1 atom stereocenters. The number of ether oxygens (including phenoxy) is 2. The average molecular weight is 543 g/mol. The number of para-hydroxylation sites is 1. The zero-order chi connectivity index (χ0) is 28.0. The highest BCUT2D eigenvalue weighted by Crippen LogP contribution is 2.18. The summed E-state index contributed by atoms with van der Waals surface area (Å²) in [6.45, 7) is 4.65. The van der Waals surface area contributed by atoms with E-state index >= 15 is 0 Å². The van der Waals surface area contributed by atoms with Gasteiger partial charge in [-0.25, -0.2) is 4.79 Å². The number of hydrogen-bond donors (Lipinski definition) is 2. The van der Waals surface area contributed by atoms with E-state index in [9.17, 15) is 9.59 Å². The second kappa shape index (κ2) is 20.9. The Bertz CT molecular complexity index is 1010. The van der Waals surface area contributed by atoms with Crippen molar-refractivity contribution in [1.29, 1.82) is 0 Å². The van der Waals surface area contributed by atoms with Gasteiger partial charge in [0.1, 0.15) is 0 Å². The first-order valence-electron chi connectivity index (χ1n) is 15.1. The van der Waals surface area contributed by atoms with Crippen LogP contribution in [0, 0.1) is 0 Å². The lowest BCUT2D eigenvalue weighted by molar-refractivity contribution is -0.168. The van der Waals surface area contributed by atoms with Gasteiger partial charge in [0.05, 0.1) is 0 Å². The van der Waals surface area contributed by atoms with E-state index in [-0.39, 0.29) is 8.82 Å². The van der Waals surface area contributed by atoms with Crippen LogP contribution in [0.2, 0.25) is 0 Å². The summed E-state index contributed by atoms with van der Waals surface area (Å²) in [6, 6.07) is 8.08. The molecule has 6 heteroatoms. The minimum Gasteiger partial charge on any atom is -0.425 e. The quantitative estimate of drug-likeness (QED) is 0.0712. The van der Waals surface area contributed by atoms with Crippen molar-refractivity contribution in [2.75, 3.05) is 6.54 Å². The number of rotatable bonds is 21. The molecular formula is C33H54N2O4. The van der Waals surface area contributed by atoms with Crippen LogP contribution in [-0.4, -0.2) is 29.9 Å². The number of H-pyrrole nitrogens is 1. The van der Waals surface area contributed by atoms with Crippen LogP contribution in [-0.2, 0) is 20.7 Å². The summed E-state index contributed by atoms with van der Waals surface area (Å²) in [4.78, 5) is 27.8. The number of allylic oxidation sites excluding steroid dienone is 4. The number of hydrogen-bond acceptors (Lipinski definition) is 4. The van der Waals surface area contributed by atoms with Gasteiger partial charge in [-0.05, 0) is 63.0 Å². The van der Waals surface area contributed by atoms with Crippen LogP contribution in [0.25, 0.3) is 10.9 Å². The molecule has 0 bridgehead atoms. The van der Waals surface area contributed by atoms with E-state index < -0.39 is 12.4 Å². The number of unbranched alkanes of at least 4 members (excludes halogenated alkanes) is 8. The van der Waals surface area contributed by atoms with E-state index in [2.05, 4.69) is 47.6 Å². The third-order valence-electron chi connectivity index (χ3n) is 6.70. The molecule has 6 nitrogen and oxygen atoms in total. The summed E-state index contributed by atoms with van der Waals surface area (Å²) in [7, 11) is 0. The smallest absolute Gasteiger partial charge is 0.410 e. The summed E-state index contributed by atoms with van der Waals surface area (Å²) >= 11 is 0. The summed E-state index contributed by atoms with van der Waals surface area (Å²) < 4.78 is 10.8. The molecule has 39 heavy (non-hydrogen) atoms. The molecule has 2 aromatic rings. The Labute approximate surface area is 238 Å². The Morgan fingerprint density at radius 3 is 2.38 bits per heavy atom. The maximum absolute atomic E-state index is 12.3. The first-order valence-corrected chi connectivity index (χ1v) is 15.1. The van der Waals surface area contributed by atoms with Crippen molar-refractivity contribution in [3.8, 4) is 0 Å². The van der Waals surface area contributed by atoms with Crippen LogP contribution in [0.5, 0.6) is 0 Å². The monoisotopic (exact) mass is 542 g/mol. The van der Waals surface area contributed by atoms with Crippen LogP contribution in [0.4, 0.5) is 4.79 Å². The van der Waals surface area contributed by atoms with Crippen LogP contribution >= 0.6 is 0 Å². The first-order chi connectivity index (χ1) is 19.1. The van der Waals surface area contributed by atoms with Crippen LogP contribution < -0.4 is 5.32 Å². The topological polar surface area (TPSA) is 80.4 Å². The van der Waals surface area contributed by atoms with E-state index in [4.69, 9.17) is 9.47 Å². The number of nitrogens with one attached hydrogen (secondary N) is 2. The predicted molar refractivity (Wildman–Crippen MR) is 165 cm³/mol. The summed E-state index contributed by atoms with van der Waals surface area (Å²) in [5, 5.41) is 3.92. The lowest BCUT2D eigenvalue weighted by Crippen LogP contribution is -2.32. The third-order valence-corrected chi connectivity index (χ3v) is 6.70. The van der Waals surface area contributed by atoms with Gasteiger partial charge < -0.3 is 19.8 Å². The van der Waals surface area contributed by atoms with Crippen molar-refractivity contribution in [3.05, 3.63) is 60.3 Å². The fourth-order valence-corrected chi connectivity index (χ4v) is 4.46. The normalized spacial score (nSPS) is 12.4. The number of aromatic nitrogens is 1. The fourth-order valence-electron chi connectivity index (χ4n) is 4.46. The molecule has 1 aromatic heterocycles. The van der Waals surface area contributed by atoms with Gasteiger partial charge in [0.15, 0.2) is 0 Å². The van der Waals surface area contributed by atoms with E-state index in [1.165, 1.54) is 38.5 Å². The highest BCUT2D eigenvalue weighted by Gasteiger charge is 2.18. The highest BCUT2D eigenvalue weighted by atomic mass is 16.7. The van der Waals surface area contributed by atoms with E-state index in [1.54, 1.807) is 0 Å². The van der Waals surface area contributed by atoms with Gasteiger partial charge in [0, 0.05) is 39.3 Å². The van der Waals surface area contributed by atoms with Crippen molar-refractivity contribution in [2.24, 2.45) is 0 Å². The van der Waals surface area contributed by atoms with Crippen molar-refractivity contribution in [3.63, 3.8) is 0 Å². The molecule has 0 saturated heterocycles. The molecular weight excluding hydrogens is 488 g/mol. The van der Waals surface area contributed by atoms with Gasteiger partial charge in [-0.1, -0.05) is 88.5 Å². The van der Waals surface area contributed by atoms with Crippen LogP contribution in [0.15, 0.2) is 54.8 Å². The van der Waals surface area contributed by atoms with E-state index in [1.807, 2.05) is 31.3 Å². The third kappa shape index (κ3) is 14.6. The zero-order valence-corrected chi connectivity index (χ0v) is 24.2. The van der Waals surface area contributed by atoms with Gasteiger partial charge in [-0.3, -0.25) is 4.79 Å². The Morgan fingerprint density at radius 2 is 1.62 bits per heavy atom. The van der Waals surface area contributed by atoms with Crippen LogP contribution in [0.3, 0.4) is 0 Å². The lowest BCUT2D eigenvalue weighted by atomic mass is 10.1. The average Bonchev–Trinajstić information content (AvgIpc) is 3.34. The molecule has 1 aromatic carbocycles. The second-order valence-corrected chi connectivity index (χ2v) is 10.1. The maximum atomic E-state index is 12.3. The molecule has 1 heterocycles. The second-order valence-electron chi connectivity index (χ2n) is 10.1. The van der Waals surface area contributed by atoms with Gasteiger partial charge in [-0.15, -0.1) is 0 Å². The predicted octanol–water partition coefficient (Wildman–Crippen LogP) is 9.41. The number of amides is 1. The van der Waals surface area contributed by atoms with Gasteiger partial charge in [0.25, 0.3) is 0 Å². The molecule has 0 saturated carbocycles. The number of aromatic amines is 1. The van der Waals surface area contributed by atoms with Gasteiger partial charge in [-0.2, -0.15) is 0 Å². The Hall–Kier alpha value is -3.02. The summed E-state index contributed by atoms with van der Waals surface area (Å²) in [5.74, 6) is -0.300. The highest BCUT2D eigenvalue weighted by molar-refractivity contribution is 5.83. The molecule has 2 rings (SSSR count). The molecule has 2 N–H and O–H groups in total. The van der Waals surface area contributed by atoms with Crippen molar-refractivity contribution < 1.29 is 21.9 Å². The Kier molecular flexibility index (Phi) is 17.2.